The molecule has 1 N–H and O–H groups in total. The van der Waals surface area contributed by atoms with Crippen LogP contribution in [-0.4, -0.2) is 60.4 Å². The Balaban J connectivity index is 0.00000180. The van der Waals surface area contributed by atoms with Gasteiger partial charge in [0.15, 0.2) is 0 Å². The van der Waals surface area contributed by atoms with E-state index >= 15 is 0 Å². The van der Waals surface area contributed by atoms with Crippen LogP contribution in [0.2, 0.25) is 0 Å². The van der Waals surface area contributed by atoms with Crippen LogP contribution in [-0.2, 0) is 9.59 Å². The zero-order chi connectivity index (χ0) is 13.3. The molecule has 2 saturated heterocycles. The summed E-state index contributed by atoms with van der Waals surface area (Å²) in [6.07, 6.45) is 1.97. The van der Waals surface area contributed by atoms with Crippen LogP contribution in [0.25, 0.3) is 0 Å². The molecule has 0 radical (unpaired) electrons. The van der Waals surface area contributed by atoms with Gasteiger partial charge >= 0.3 is 0 Å². The van der Waals surface area contributed by atoms with Crippen molar-refractivity contribution in [1.29, 1.82) is 0 Å². The maximum atomic E-state index is 12.5. The van der Waals surface area contributed by atoms with Gasteiger partial charge in [0, 0.05) is 26.7 Å². The lowest BCUT2D eigenvalue weighted by Crippen LogP contribution is -2.65. The van der Waals surface area contributed by atoms with Crippen molar-refractivity contribution in [2.45, 2.75) is 32.2 Å². The number of nitrogens with zero attached hydrogens (tertiary/aromatic N) is 2. The van der Waals surface area contributed by atoms with Gasteiger partial charge in [-0.3, -0.25) is 9.59 Å². The van der Waals surface area contributed by atoms with Crippen LogP contribution in [0, 0.1) is 5.92 Å². The number of amides is 2. The summed E-state index contributed by atoms with van der Waals surface area (Å²) in [6, 6.07) is 0. The summed E-state index contributed by atoms with van der Waals surface area (Å²) in [5.74, 6) is 0.203. The highest BCUT2D eigenvalue weighted by molar-refractivity contribution is 5.92. The lowest BCUT2D eigenvalue weighted by atomic mass is 9.92. The molecule has 2 amide bonds. The molecule has 0 saturated carbocycles. The second-order valence-electron chi connectivity index (χ2n) is 5.82. The number of hydrogen-bond acceptors (Lipinski definition) is 3. The van der Waals surface area contributed by atoms with Gasteiger partial charge in [-0.25, -0.2) is 0 Å². The molecule has 0 unspecified atom stereocenters. The monoisotopic (exact) mass is 289 g/mol. The number of piperazine rings is 1. The third-order valence-corrected chi connectivity index (χ3v) is 4.12. The molecule has 0 spiro atoms. The normalized spacial score (nSPS) is 26.9. The third-order valence-electron chi connectivity index (χ3n) is 4.12. The third kappa shape index (κ3) is 3.03. The first kappa shape index (κ1) is 16.2. The lowest BCUT2D eigenvalue weighted by molar-refractivity contribution is -0.159. The summed E-state index contributed by atoms with van der Waals surface area (Å²) in [5, 5.41) is 3.26. The fraction of sp³-hybridized carbons (Fsp3) is 0.846. The molecule has 1 atom stereocenters. The summed E-state index contributed by atoms with van der Waals surface area (Å²) in [5.41, 5.74) is -0.707. The van der Waals surface area contributed by atoms with Crippen molar-refractivity contribution in [3.8, 4) is 0 Å². The number of hydrogen-bond donors (Lipinski definition) is 1. The van der Waals surface area contributed by atoms with E-state index in [4.69, 9.17) is 0 Å². The molecule has 5 nitrogen and oxygen atoms in total. The Morgan fingerprint density at radius 3 is 2.63 bits per heavy atom. The zero-order valence-corrected chi connectivity index (χ0v) is 12.8. The highest BCUT2D eigenvalue weighted by Crippen LogP contribution is 2.25. The van der Waals surface area contributed by atoms with Crippen molar-refractivity contribution in [3.63, 3.8) is 0 Å². The van der Waals surface area contributed by atoms with Crippen molar-refractivity contribution in [2.24, 2.45) is 5.92 Å². The van der Waals surface area contributed by atoms with Crippen LogP contribution in [0.1, 0.15) is 26.7 Å². The van der Waals surface area contributed by atoms with Crippen LogP contribution in [0.4, 0.5) is 0 Å². The van der Waals surface area contributed by atoms with E-state index in [1.807, 2.05) is 13.8 Å². The summed E-state index contributed by atoms with van der Waals surface area (Å²) >= 11 is 0. The molecule has 0 aromatic carbocycles. The second-order valence-corrected chi connectivity index (χ2v) is 5.82. The predicted molar refractivity (Wildman–Crippen MR) is 76.3 cm³/mol. The van der Waals surface area contributed by atoms with Gasteiger partial charge in [-0.2, -0.15) is 0 Å². The van der Waals surface area contributed by atoms with Gasteiger partial charge in [-0.15, -0.1) is 12.4 Å². The van der Waals surface area contributed by atoms with Crippen LogP contribution < -0.4 is 5.32 Å². The standard InChI is InChI=1S/C13H23N3O2.ClH/c1-13(2)12(18)15(3)7-8-16(13)11(17)10-5-4-6-14-9-10;/h10,14H,4-9H2,1-3H3;1H/t10-;/m1./s1. The highest BCUT2D eigenvalue weighted by atomic mass is 35.5. The molecule has 0 aromatic rings. The Hall–Kier alpha value is -0.810. The fourth-order valence-corrected chi connectivity index (χ4v) is 2.88. The first-order chi connectivity index (χ1) is 8.44. The van der Waals surface area contributed by atoms with Gasteiger partial charge in [-0.05, 0) is 33.2 Å². The number of piperidine rings is 1. The van der Waals surface area contributed by atoms with Gasteiger partial charge < -0.3 is 15.1 Å². The van der Waals surface area contributed by atoms with Crippen LogP contribution in [0.15, 0.2) is 0 Å². The Morgan fingerprint density at radius 2 is 2.05 bits per heavy atom. The number of halogens is 1. The predicted octanol–water partition coefficient (Wildman–Crippen LogP) is 0.487. The van der Waals surface area contributed by atoms with E-state index in [1.165, 1.54) is 0 Å². The molecule has 6 heteroatoms. The van der Waals surface area contributed by atoms with Gasteiger partial charge in [0.25, 0.3) is 0 Å². The van der Waals surface area contributed by atoms with Gasteiger partial charge in [-0.1, -0.05) is 0 Å². The van der Waals surface area contributed by atoms with Crippen molar-refractivity contribution in [2.75, 3.05) is 33.2 Å². The molecule has 0 aromatic heterocycles. The van der Waals surface area contributed by atoms with Crippen LogP contribution in [0.3, 0.4) is 0 Å². The minimum absolute atomic E-state index is 0. The SMILES string of the molecule is CN1CCN(C(=O)[C@@H]2CCCNC2)C(C)(C)C1=O.Cl. The minimum atomic E-state index is -0.707. The molecule has 2 aliphatic heterocycles. The Morgan fingerprint density at radius 1 is 1.37 bits per heavy atom. The number of carbonyl (C=O) groups excluding carboxylic acids is 2. The Bertz CT molecular complexity index is 354. The van der Waals surface area contributed by atoms with Crippen molar-refractivity contribution in [3.05, 3.63) is 0 Å². The Labute approximate surface area is 121 Å². The number of likely N-dealkylation sites (N-methyl/N-ethyl adjacent to an activating group) is 1. The van der Waals surface area contributed by atoms with E-state index in [0.29, 0.717) is 13.1 Å². The van der Waals surface area contributed by atoms with Crippen LogP contribution in [0.5, 0.6) is 0 Å². The number of rotatable bonds is 1. The molecular formula is C13H24ClN3O2. The fourth-order valence-electron chi connectivity index (χ4n) is 2.88. The topological polar surface area (TPSA) is 52.6 Å². The Kier molecular flexibility index (Phi) is 5.21. The summed E-state index contributed by atoms with van der Waals surface area (Å²) in [6.45, 7) is 6.71. The molecular weight excluding hydrogens is 266 g/mol. The van der Waals surface area contributed by atoms with E-state index in [0.717, 1.165) is 25.9 Å². The largest absolute Gasteiger partial charge is 0.342 e. The summed E-state index contributed by atoms with van der Waals surface area (Å²) in [7, 11) is 1.80. The van der Waals surface area contributed by atoms with Gasteiger partial charge in [0.2, 0.25) is 11.8 Å². The van der Waals surface area contributed by atoms with Crippen LogP contribution >= 0.6 is 12.4 Å². The number of carbonyl (C=O) groups is 2. The maximum absolute atomic E-state index is 12.5. The van der Waals surface area contributed by atoms with Crippen molar-refractivity contribution >= 4 is 24.2 Å². The quantitative estimate of drug-likeness (QED) is 0.764. The molecule has 2 rings (SSSR count). The molecule has 110 valence electrons. The minimum Gasteiger partial charge on any atom is -0.342 e. The van der Waals surface area contributed by atoms with Gasteiger partial charge in [0.1, 0.15) is 5.54 Å². The number of nitrogens with one attached hydrogen (secondary N) is 1. The summed E-state index contributed by atoms with van der Waals surface area (Å²) in [4.78, 5) is 28.2. The van der Waals surface area contributed by atoms with Gasteiger partial charge in [0.05, 0.1) is 5.92 Å². The molecule has 2 fully saturated rings. The molecule has 0 bridgehead atoms. The van der Waals surface area contributed by atoms with E-state index in [9.17, 15) is 9.59 Å². The van der Waals surface area contributed by atoms with Crippen molar-refractivity contribution < 1.29 is 9.59 Å². The van der Waals surface area contributed by atoms with E-state index < -0.39 is 5.54 Å². The van der Waals surface area contributed by atoms with E-state index in [1.54, 1.807) is 16.8 Å². The smallest absolute Gasteiger partial charge is 0.247 e. The van der Waals surface area contributed by atoms with E-state index in [2.05, 4.69) is 5.32 Å². The van der Waals surface area contributed by atoms with E-state index in [-0.39, 0.29) is 30.1 Å². The molecule has 19 heavy (non-hydrogen) atoms. The van der Waals surface area contributed by atoms with Crippen molar-refractivity contribution in [1.82, 2.24) is 15.1 Å². The molecule has 0 aliphatic carbocycles. The first-order valence-electron chi connectivity index (χ1n) is 6.72. The summed E-state index contributed by atoms with van der Waals surface area (Å²) < 4.78 is 0. The average Bonchev–Trinajstić information content (AvgIpc) is 2.36. The maximum Gasteiger partial charge on any atom is 0.247 e. The lowest BCUT2D eigenvalue weighted by Gasteiger charge is -2.46. The second kappa shape index (κ2) is 6.09. The highest BCUT2D eigenvalue weighted by Gasteiger charge is 2.44. The average molecular weight is 290 g/mol. The zero-order valence-electron chi connectivity index (χ0n) is 11.9. The first-order valence-corrected chi connectivity index (χ1v) is 6.72. The molecule has 2 heterocycles. The molecule has 2 aliphatic rings.